The van der Waals surface area contributed by atoms with E-state index >= 15 is 0 Å². The number of carbonyl (C=O) groups is 1. The molecular weight excluding hydrogens is 596 g/mol. The number of carboxylic acid groups (broad SMARTS) is 1. The van der Waals surface area contributed by atoms with Crippen LogP contribution in [0.25, 0.3) is 22.1 Å². The summed E-state index contributed by atoms with van der Waals surface area (Å²) in [6.07, 6.45) is 6.02. The predicted octanol–water partition coefficient (Wildman–Crippen LogP) is 4.21. The van der Waals surface area contributed by atoms with Gasteiger partial charge in [0.25, 0.3) is 5.56 Å². The third-order valence-corrected chi connectivity index (χ3v) is 10.4. The van der Waals surface area contributed by atoms with Crippen molar-refractivity contribution in [2.24, 2.45) is 5.41 Å². The Morgan fingerprint density at radius 2 is 2.07 bits per heavy atom. The zero-order valence-corrected chi connectivity index (χ0v) is 25.0. The molecule has 3 aromatic heterocycles. The molecule has 4 aromatic rings. The van der Waals surface area contributed by atoms with Crippen molar-refractivity contribution < 1.29 is 19.4 Å². The van der Waals surface area contributed by atoms with Crippen LogP contribution in [-0.2, 0) is 9.47 Å². The average Bonchev–Trinajstić information content (AvgIpc) is 3.52. The summed E-state index contributed by atoms with van der Waals surface area (Å²) in [6.45, 7) is 4.49. The number of rotatable bonds is 5. The second kappa shape index (κ2) is 11.2. The smallest absolute Gasteiger partial charge is 0.404 e. The van der Waals surface area contributed by atoms with Crippen LogP contribution in [0.5, 0.6) is 0 Å². The normalized spacial score (nSPS) is 23.8. The van der Waals surface area contributed by atoms with Gasteiger partial charge < -0.3 is 29.8 Å². The van der Waals surface area contributed by atoms with Crippen LogP contribution in [0.2, 0.25) is 5.02 Å². The molecule has 1 aromatic carbocycles. The van der Waals surface area contributed by atoms with Crippen molar-refractivity contribution in [2.45, 2.75) is 67.3 Å². The highest BCUT2D eigenvalue weighted by Gasteiger charge is 2.50. The molecule has 3 fully saturated rings. The fourth-order valence-electron chi connectivity index (χ4n) is 6.52. The number of piperidine rings is 1. The van der Waals surface area contributed by atoms with Crippen molar-refractivity contribution in [2.75, 3.05) is 31.2 Å². The minimum absolute atomic E-state index is 0.176. The number of benzene rings is 1. The van der Waals surface area contributed by atoms with Crippen LogP contribution in [0, 0.1) is 5.41 Å². The molecule has 6 heterocycles. The van der Waals surface area contributed by atoms with Crippen LogP contribution in [0.4, 0.5) is 10.6 Å². The molecule has 0 saturated carbocycles. The Morgan fingerprint density at radius 1 is 1.23 bits per heavy atom. The SMILES string of the molecule is C[C@@H]1OCC2(CCN(c3cnc4c(Sc5ccc6nc[nH]c(=O)c6c5Cl)nn(C5CCCCO5)c4n3)CC2)[C@@H]1NC(=O)O. The molecule has 0 radical (unpaired) electrons. The minimum atomic E-state index is -1.03. The molecule has 3 N–H and O–H groups in total. The number of hydrogen-bond donors (Lipinski definition) is 3. The first-order valence-corrected chi connectivity index (χ1v) is 15.6. The van der Waals surface area contributed by atoms with Crippen LogP contribution in [0.1, 0.15) is 45.3 Å². The van der Waals surface area contributed by atoms with Crippen molar-refractivity contribution in [3.63, 3.8) is 0 Å². The number of anilines is 1. The number of nitrogens with zero attached hydrogens (tertiary/aromatic N) is 6. The first kappa shape index (κ1) is 28.3. The van der Waals surface area contributed by atoms with E-state index < -0.39 is 6.09 Å². The van der Waals surface area contributed by atoms with Crippen LogP contribution in [0.3, 0.4) is 0 Å². The first-order valence-electron chi connectivity index (χ1n) is 14.4. The van der Waals surface area contributed by atoms with Gasteiger partial charge in [-0.2, -0.15) is 5.10 Å². The highest BCUT2D eigenvalue weighted by molar-refractivity contribution is 7.99. The lowest BCUT2D eigenvalue weighted by atomic mass is 9.73. The average molecular weight is 627 g/mol. The van der Waals surface area contributed by atoms with E-state index in [1.54, 1.807) is 12.3 Å². The van der Waals surface area contributed by atoms with E-state index in [0.717, 1.165) is 37.9 Å². The summed E-state index contributed by atoms with van der Waals surface area (Å²) in [5.41, 5.74) is 1.20. The Morgan fingerprint density at radius 3 is 2.84 bits per heavy atom. The van der Waals surface area contributed by atoms with Gasteiger partial charge in [0.2, 0.25) is 0 Å². The second-order valence-corrected chi connectivity index (χ2v) is 12.8. The van der Waals surface area contributed by atoms with Crippen LogP contribution < -0.4 is 15.8 Å². The van der Waals surface area contributed by atoms with E-state index in [1.165, 1.54) is 18.1 Å². The Labute approximate surface area is 255 Å². The van der Waals surface area contributed by atoms with Gasteiger partial charge in [0, 0.05) is 30.0 Å². The molecule has 3 aliphatic heterocycles. The van der Waals surface area contributed by atoms with Gasteiger partial charge in [0.1, 0.15) is 11.3 Å². The molecule has 0 bridgehead atoms. The second-order valence-electron chi connectivity index (χ2n) is 11.4. The summed E-state index contributed by atoms with van der Waals surface area (Å²) in [5.74, 6) is 0.729. The maximum atomic E-state index is 12.5. The summed E-state index contributed by atoms with van der Waals surface area (Å²) in [4.78, 5) is 43.5. The molecule has 1 unspecified atom stereocenters. The van der Waals surface area contributed by atoms with Gasteiger partial charge in [0.15, 0.2) is 16.9 Å². The van der Waals surface area contributed by atoms with E-state index in [4.69, 9.17) is 36.1 Å². The van der Waals surface area contributed by atoms with E-state index in [9.17, 15) is 14.7 Å². The molecule has 3 saturated heterocycles. The Kier molecular flexibility index (Phi) is 7.40. The van der Waals surface area contributed by atoms with Gasteiger partial charge in [-0.25, -0.2) is 24.4 Å². The standard InChI is InChI=1S/C28H31ClN8O5S/c1-15-23(34-27(39)40)28(13-42-15)7-9-36(10-8-28)18-12-30-22-24(33-18)37(19-4-2-3-11-41-19)35-26(22)43-17-6-5-16-20(21(17)29)25(38)32-14-31-16/h5-6,12,14-15,19,23,34H,2-4,7-11,13H2,1H3,(H,39,40)(H,31,32,38)/t15-,19?,23+/m0/s1. The number of nitrogens with one attached hydrogen (secondary N) is 2. The van der Waals surface area contributed by atoms with Crippen LogP contribution in [0.15, 0.2) is 39.4 Å². The molecule has 15 heteroatoms. The molecule has 1 amide bonds. The Balaban J connectivity index is 1.21. The van der Waals surface area contributed by atoms with Gasteiger partial charge >= 0.3 is 6.09 Å². The largest absolute Gasteiger partial charge is 0.465 e. The molecule has 7 rings (SSSR count). The van der Waals surface area contributed by atoms with Gasteiger partial charge in [-0.3, -0.25) is 4.79 Å². The van der Waals surface area contributed by atoms with Crippen molar-refractivity contribution >= 4 is 57.3 Å². The number of aromatic amines is 1. The fraction of sp³-hybridized carbons (Fsp3) is 0.500. The molecule has 13 nitrogen and oxygen atoms in total. The quantitative estimate of drug-likeness (QED) is 0.291. The molecule has 0 aliphatic carbocycles. The van der Waals surface area contributed by atoms with Crippen molar-refractivity contribution in [1.29, 1.82) is 0 Å². The molecule has 3 atom stereocenters. The van der Waals surface area contributed by atoms with E-state index in [-0.39, 0.29) is 29.3 Å². The third kappa shape index (κ3) is 5.09. The summed E-state index contributed by atoms with van der Waals surface area (Å²) >= 11 is 8.03. The lowest BCUT2D eigenvalue weighted by molar-refractivity contribution is -0.0376. The summed E-state index contributed by atoms with van der Waals surface area (Å²) in [7, 11) is 0. The molecule has 43 heavy (non-hydrogen) atoms. The maximum absolute atomic E-state index is 12.5. The molecular formula is C28H31ClN8O5S. The number of fused-ring (bicyclic) bond motifs is 2. The molecule has 3 aliphatic rings. The van der Waals surface area contributed by atoms with Crippen molar-refractivity contribution in [3.05, 3.63) is 40.0 Å². The predicted molar refractivity (Wildman–Crippen MR) is 160 cm³/mol. The van der Waals surface area contributed by atoms with Crippen LogP contribution in [-0.4, -0.2) is 79.4 Å². The number of H-pyrrole nitrogens is 1. The zero-order valence-electron chi connectivity index (χ0n) is 23.5. The molecule has 1 spiro atoms. The Hall–Kier alpha value is -3.46. The monoisotopic (exact) mass is 626 g/mol. The number of aromatic nitrogens is 6. The van der Waals surface area contributed by atoms with Gasteiger partial charge in [-0.1, -0.05) is 23.4 Å². The number of hydrogen-bond acceptors (Lipinski definition) is 10. The van der Waals surface area contributed by atoms with Crippen molar-refractivity contribution in [1.82, 2.24) is 35.0 Å². The minimum Gasteiger partial charge on any atom is -0.465 e. The summed E-state index contributed by atoms with van der Waals surface area (Å²) < 4.78 is 13.8. The summed E-state index contributed by atoms with van der Waals surface area (Å²) in [6, 6.07) is 3.34. The lowest BCUT2D eigenvalue weighted by Crippen LogP contribution is -2.54. The van der Waals surface area contributed by atoms with Crippen molar-refractivity contribution in [3.8, 4) is 0 Å². The van der Waals surface area contributed by atoms with E-state index in [2.05, 4.69) is 20.2 Å². The molecule has 226 valence electrons. The zero-order chi connectivity index (χ0) is 29.7. The lowest BCUT2D eigenvalue weighted by Gasteiger charge is -2.42. The fourth-order valence-corrected chi connectivity index (χ4v) is 7.79. The van der Waals surface area contributed by atoms with Gasteiger partial charge in [-0.15, -0.1) is 0 Å². The maximum Gasteiger partial charge on any atom is 0.404 e. The highest BCUT2D eigenvalue weighted by atomic mass is 35.5. The van der Waals surface area contributed by atoms with E-state index in [1.807, 2.05) is 17.7 Å². The van der Waals surface area contributed by atoms with Gasteiger partial charge in [0.05, 0.1) is 47.2 Å². The third-order valence-electron chi connectivity index (χ3n) is 8.83. The van der Waals surface area contributed by atoms with Crippen LogP contribution >= 0.6 is 23.4 Å². The first-order chi connectivity index (χ1) is 20.8. The van der Waals surface area contributed by atoms with Gasteiger partial charge in [-0.05, 0) is 51.2 Å². The topological polar surface area (TPSA) is 160 Å². The number of ether oxygens (including phenoxy) is 2. The Bertz CT molecular complexity index is 1750. The van der Waals surface area contributed by atoms with E-state index in [0.29, 0.717) is 63.3 Å². The number of amides is 1. The summed E-state index contributed by atoms with van der Waals surface area (Å²) in [5, 5.41) is 18.3. The highest BCUT2D eigenvalue weighted by Crippen LogP contribution is 2.44. The number of halogens is 1.